The number of β-amino-alcohol motifs (C(OH)–C–C–N with tert-alkyl or cyclic N) is 1. The molecule has 5 nitrogen and oxygen atoms in total. The zero-order valence-corrected chi connectivity index (χ0v) is 13.2. The van der Waals surface area contributed by atoms with Crippen molar-refractivity contribution in [3.63, 3.8) is 0 Å². The van der Waals surface area contributed by atoms with Gasteiger partial charge in [-0.2, -0.15) is 0 Å². The molecule has 3 fully saturated rings. The fourth-order valence-electron chi connectivity index (χ4n) is 3.73. The molecule has 0 atom stereocenters. The quantitative estimate of drug-likeness (QED) is 0.789. The van der Waals surface area contributed by atoms with Gasteiger partial charge in [-0.05, 0) is 45.6 Å². The van der Waals surface area contributed by atoms with Crippen molar-refractivity contribution < 1.29 is 14.9 Å². The lowest BCUT2D eigenvalue weighted by Crippen LogP contribution is -2.52. The minimum absolute atomic E-state index is 0.131. The zero-order valence-electron chi connectivity index (χ0n) is 13.2. The zero-order chi connectivity index (χ0) is 14.9. The molecule has 122 valence electrons. The average Bonchev–Trinajstić information content (AvgIpc) is 2.43. The highest BCUT2D eigenvalue weighted by molar-refractivity contribution is 4.89. The van der Waals surface area contributed by atoms with Crippen molar-refractivity contribution in [1.82, 2.24) is 9.80 Å². The molecule has 5 heteroatoms. The summed E-state index contributed by atoms with van der Waals surface area (Å²) in [6, 6.07) is 0. The Hall–Kier alpha value is -0.200. The highest BCUT2D eigenvalue weighted by atomic mass is 16.5. The van der Waals surface area contributed by atoms with E-state index in [1.165, 1.54) is 0 Å². The molecular formula is C16H30N2O3. The summed E-state index contributed by atoms with van der Waals surface area (Å²) in [6.07, 6.45) is 6.03. The number of hydrogen-bond donors (Lipinski definition) is 2. The summed E-state index contributed by atoms with van der Waals surface area (Å²) < 4.78 is 6.02. The Morgan fingerprint density at radius 2 is 1.67 bits per heavy atom. The lowest BCUT2D eigenvalue weighted by atomic mass is 9.90. The van der Waals surface area contributed by atoms with Crippen molar-refractivity contribution in [2.75, 3.05) is 39.8 Å². The third-order valence-electron chi connectivity index (χ3n) is 5.43. The van der Waals surface area contributed by atoms with Gasteiger partial charge in [0, 0.05) is 32.7 Å². The molecule has 0 aromatic rings. The van der Waals surface area contributed by atoms with Crippen LogP contribution in [0.25, 0.3) is 0 Å². The third kappa shape index (κ3) is 4.17. The molecule has 0 spiro atoms. The van der Waals surface area contributed by atoms with Crippen molar-refractivity contribution in [1.29, 1.82) is 0 Å². The number of nitrogens with zero attached hydrogens (tertiary/aromatic N) is 2. The van der Waals surface area contributed by atoms with Gasteiger partial charge in [0.15, 0.2) is 0 Å². The topological polar surface area (TPSA) is 56.2 Å². The number of hydrogen-bond acceptors (Lipinski definition) is 5. The minimum atomic E-state index is -0.488. The van der Waals surface area contributed by atoms with E-state index in [0.717, 1.165) is 71.2 Å². The van der Waals surface area contributed by atoms with Crippen LogP contribution in [0.15, 0.2) is 0 Å². The van der Waals surface area contributed by atoms with Crippen LogP contribution in [-0.2, 0) is 4.74 Å². The summed E-state index contributed by atoms with van der Waals surface area (Å²) in [5, 5.41) is 20.0. The van der Waals surface area contributed by atoms with Crippen molar-refractivity contribution in [2.24, 2.45) is 0 Å². The first-order valence-electron chi connectivity index (χ1n) is 8.49. The van der Waals surface area contributed by atoms with Crippen LogP contribution in [0.2, 0.25) is 0 Å². The van der Waals surface area contributed by atoms with Crippen LogP contribution >= 0.6 is 0 Å². The fraction of sp³-hybridized carbons (Fsp3) is 1.00. The minimum Gasteiger partial charge on any atom is -0.393 e. The molecule has 0 aromatic heterocycles. The first-order chi connectivity index (χ1) is 10.0. The fourth-order valence-corrected chi connectivity index (χ4v) is 3.73. The molecule has 3 aliphatic rings. The van der Waals surface area contributed by atoms with Crippen molar-refractivity contribution in [3.8, 4) is 0 Å². The maximum absolute atomic E-state index is 10.7. The van der Waals surface area contributed by atoms with E-state index in [1.54, 1.807) is 0 Å². The molecule has 0 aromatic carbocycles. The van der Waals surface area contributed by atoms with Crippen molar-refractivity contribution in [2.45, 2.75) is 62.4 Å². The maximum atomic E-state index is 10.7. The molecule has 2 aliphatic heterocycles. The summed E-state index contributed by atoms with van der Waals surface area (Å²) in [6.45, 7) is 4.87. The lowest BCUT2D eigenvalue weighted by molar-refractivity contribution is -0.121. The number of rotatable bonds is 4. The second-order valence-electron chi connectivity index (χ2n) is 7.39. The number of aliphatic hydroxyl groups is 2. The monoisotopic (exact) mass is 298 g/mol. The van der Waals surface area contributed by atoms with Gasteiger partial charge >= 0.3 is 0 Å². The first kappa shape index (κ1) is 15.7. The van der Waals surface area contributed by atoms with E-state index < -0.39 is 5.60 Å². The predicted octanol–water partition coefficient (Wildman–Crippen LogP) is 0.447. The van der Waals surface area contributed by atoms with Gasteiger partial charge in [0.2, 0.25) is 0 Å². The van der Waals surface area contributed by atoms with E-state index in [1.807, 2.05) is 0 Å². The molecule has 0 radical (unpaired) electrons. The van der Waals surface area contributed by atoms with E-state index in [4.69, 9.17) is 4.74 Å². The predicted molar refractivity (Wildman–Crippen MR) is 81.3 cm³/mol. The summed E-state index contributed by atoms with van der Waals surface area (Å²) in [5.74, 6) is 0. The van der Waals surface area contributed by atoms with Crippen LogP contribution in [0.4, 0.5) is 0 Å². The number of aliphatic hydroxyl groups excluding tert-OH is 1. The summed E-state index contributed by atoms with van der Waals surface area (Å²) >= 11 is 0. The molecule has 3 rings (SSSR count). The standard InChI is InChI=1S/C16H30N2O3/c1-17-8-4-16(20,5-9-17)12-18-6-2-14(3-7-18)21-15-10-13(19)11-15/h13-15,19-20H,2-12H2,1H3. The second-order valence-corrected chi connectivity index (χ2v) is 7.39. The van der Waals surface area contributed by atoms with Crippen molar-refractivity contribution >= 4 is 0 Å². The molecule has 0 amide bonds. The molecule has 2 heterocycles. The Morgan fingerprint density at radius 1 is 1.05 bits per heavy atom. The molecule has 0 unspecified atom stereocenters. The van der Waals surface area contributed by atoms with E-state index in [9.17, 15) is 10.2 Å². The van der Waals surface area contributed by atoms with Crippen LogP contribution in [-0.4, -0.2) is 83.7 Å². The Kier molecular flexibility index (Phi) is 4.86. The Morgan fingerprint density at radius 3 is 2.24 bits per heavy atom. The average molecular weight is 298 g/mol. The molecule has 1 saturated carbocycles. The Labute approximate surface area is 127 Å². The first-order valence-corrected chi connectivity index (χ1v) is 8.49. The molecule has 21 heavy (non-hydrogen) atoms. The van der Waals surface area contributed by atoms with Gasteiger partial charge in [0.25, 0.3) is 0 Å². The number of ether oxygens (including phenoxy) is 1. The smallest absolute Gasteiger partial charge is 0.0798 e. The molecule has 2 N–H and O–H groups in total. The molecule has 1 aliphatic carbocycles. The lowest BCUT2D eigenvalue weighted by Gasteiger charge is -2.43. The summed E-state index contributed by atoms with van der Waals surface area (Å²) in [5.41, 5.74) is -0.488. The normalized spacial score (nSPS) is 35.6. The highest BCUT2D eigenvalue weighted by Crippen LogP contribution is 2.28. The summed E-state index contributed by atoms with van der Waals surface area (Å²) in [7, 11) is 2.12. The maximum Gasteiger partial charge on any atom is 0.0798 e. The van der Waals surface area contributed by atoms with Gasteiger partial charge in [-0.15, -0.1) is 0 Å². The van der Waals surface area contributed by atoms with Crippen LogP contribution in [0.1, 0.15) is 38.5 Å². The van der Waals surface area contributed by atoms with E-state index in [0.29, 0.717) is 6.10 Å². The van der Waals surface area contributed by atoms with Crippen LogP contribution in [0, 0.1) is 0 Å². The van der Waals surface area contributed by atoms with E-state index >= 15 is 0 Å². The highest BCUT2D eigenvalue weighted by Gasteiger charge is 2.35. The SMILES string of the molecule is CN1CCC(O)(CN2CCC(OC3CC(O)C3)CC2)CC1. The van der Waals surface area contributed by atoms with Crippen LogP contribution in [0.3, 0.4) is 0 Å². The Bertz CT molecular complexity index is 330. The van der Waals surface area contributed by atoms with Crippen LogP contribution in [0.5, 0.6) is 0 Å². The molecular weight excluding hydrogens is 268 g/mol. The van der Waals surface area contributed by atoms with E-state index in [2.05, 4.69) is 16.8 Å². The number of likely N-dealkylation sites (tertiary alicyclic amines) is 2. The van der Waals surface area contributed by atoms with Gasteiger partial charge in [-0.25, -0.2) is 0 Å². The largest absolute Gasteiger partial charge is 0.393 e. The van der Waals surface area contributed by atoms with Gasteiger partial charge in [-0.1, -0.05) is 0 Å². The molecule has 2 saturated heterocycles. The van der Waals surface area contributed by atoms with Gasteiger partial charge < -0.3 is 24.7 Å². The van der Waals surface area contributed by atoms with Crippen molar-refractivity contribution in [3.05, 3.63) is 0 Å². The van der Waals surface area contributed by atoms with Crippen LogP contribution < -0.4 is 0 Å². The summed E-state index contributed by atoms with van der Waals surface area (Å²) in [4.78, 5) is 4.70. The van der Waals surface area contributed by atoms with E-state index in [-0.39, 0.29) is 12.2 Å². The van der Waals surface area contributed by atoms with Gasteiger partial charge in [0.1, 0.15) is 0 Å². The number of piperidine rings is 2. The Balaban J connectivity index is 1.37. The van der Waals surface area contributed by atoms with Gasteiger partial charge in [-0.3, -0.25) is 0 Å². The van der Waals surface area contributed by atoms with Gasteiger partial charge in [0.05, 0.1) is 23.9 Å². The second kappa shape index (κ2) is 6.50. The third-order valence-corrected chi connectivity index (χ3v) is 5.43. The molecule has 0 bridgehead atoms.